The Labute approximate surface area is 198 Å². The van der Waals surface area contributed by atoms with Gasteiger partial charge in [-0.1, -0.05) is 68.7 Å². The molecule has 1 aliphatic rings. The van der Waals surface area contributed by atoms with Crippen LogP contribution in [0.1, 0.15) is 51.5 Å². The third-order valence-corrected chi connectivity index (χ3v) is 5.80. The number of nitrogens with one attached hydrogen (secondary N) is 1. The number of carbonyl (C=O) groups is 3. The van der Waals surface area contributed by atoms with Crippen molar-refractivity contribution in [1.29, 1.82) is 0 Å². The third-order valence-electron chi connectivity index (χ3n) is 5.80. The Kier molecular flexibility index (Phi) is 8.67. The Morgan fingerprint density at radius 2 is 1.88 bits per heavy atom. The number of anilines is 1. The van der Waals surface area contributed by atoms with Crippen LogP contribution in [0.25, 0.3) is 11.4 Å². The first-order valence-electron chi connectivity index (χ1n) is 11.6. The molecule has 1 heterocycles. The minimum absolute atomic E-state index is 0.0106. The number of amides is 1. The summed E-state index contributed by atoms with van der Waals surface area (Å²) in [6, 6.07) is 9.15. The zero-order chi connectivity index (χ0) is 24.5. The number of rotatable bonds is 11. The number of carbonyl (C=O) groups excluding carboxylic acids is 3. The topological polar surface area (TPSA) is 124 Å². The van der Waals surface area contributed by atoms with Gasteiger partial charge in [0.25, 0.3) is 5.56 Å². The Hall–Kier alpha value is -3.81. The van der Waals surface area contributed by atoms with Crippen molar-refractivity contribution in [1.82, 2.24) is 14.9 Å². The molecule has 1 aromatic carbocycles. The molecule has 3 N–H and O–H groups in total. The lowest BCUT2D eigenvalue weighted by Gasteiger charge is -2.23. The van der Waals surface area contributed by atoms with E-state index >= 15 is 0 Å². The summed E-state index contributed by atoms with van der Waals surface area (Å²) in [5, 5.41) is 2.71. The number of aromatic nitrogens is 2. The number of hydrogen-bond donors (Lipinski definition) is 2. The molecule has 8 nitrogen and oxygen atoms in total. The van der Waals surface area contributed by atoms with E-state index in [1.54, 1.807) is 4.57 Å². The second kappa shape index (κ2) is 11.9. The van der Waals surface area contributed by atoms with E-state index in [4.69, 9.17) is 5.73 Å². The van der Waals surface area contributed by atoms with Crippen molar-refractivity contribution in [3.63, 3.8) is 0 Å². The van der Waals surface area contributed by atoms with Gasteiger partial charge in [-0.25, -0.2) is 4.98 Å². The van der Waals surface area contributed by atoms with Gasteiger partial charge < -0.3 is 11.1 Å². The van der Waals surface area contributed by atoms with Crippen LogP contribution in [0.15, 0.2) is 65.1 Å². The second-order valence-corrected chi connectivity index (χ2v) is 8.29. The van der Waals surface area contributed by atoms with Crippen molar-refractivity contribution in [3.8, 4) is 11.4 Å². The Morgan fingerprint density at radius 1 is 1.12 bits per heavy atom. The Balaban J connectivity index is 1.78. The van der Waals surface area contributed by atoms with Crippen molar-refractivity contribution < 1.29 is 14.4 Å². The number of nitrogens with two attached hydrogens (primary N) is 1. The largest absolute Gasteiger partial charge is 0.393 e. The van der Waals surface area contributed by atoms with Gasteiger partial charge in [0.15, 0.2) is 0 Å². The maximum atomic E-state index is 13.1. The molecule has 2 aromatic rings. The Morgan fingerprint density at radius 3 is 2.62 bits per heavy atom. The summed E-state index contributed by atoms with van der Waals surface area (Å²) in [4.78, 5) is 53.5. The molecule has 3 rings (SSSR count). The predicted molar refractivity (Wildman–Crippen MR) is 131 cm³/mol. The maximum Gasteiger partial charge on any atom is 0.277 e. The van der Waals surface area contributed by atoms with Gasteiger partial charge in [0.05, 0.1) is 6.20 Å². The molecule has 0 fully saturated rings. The van der Waals surface area contributed by atoms with Crippen LogP contribution < -0.4 is 16.6 Å². The van der Waals surface area contributed by atoms with E-state index < -0.39 is 11.6 Å². The molecule has 1 atom stereocenters. The number of Topliss-reactive ketones (excluding diaryl/α,β-unsaturated/α-hetero) is 1. The highest BCUT2D eigenvalue weighted by Gasteiger charge is 2.22. The van der Waals surface area contributed by atoms with Gasteiger partial charge in [0.1, 0.15) is 11.5 Å². The minimum atomic E-state index is -0.606. The first kappa shape index (κ1) is 24.8. The van der Waals surface area contributed by atoms with Gasteiger partial charge >= 0.3 is 0 Å². The van der Waals surface area contributed by atoms with Crippen molar-refractivity contribution in [3.05, 3.63) is 70.7 Å². The summed E-state index contributed by atoms with van der Waals surface area (Å²) in [7, 11) is 0. The second-order valence-electron chi connectivity index (χ2n) is 8.29. The normalized spacial score (nSPS) is 14.1. The lowest BCUT2D eigenvalue weighted by Crippen LogP contribution is -2.32. The zero-order valence-corrected chi connectivity index (χ0v) is 19.3. The van der Waals surface area contributed by atoms with Crippen LogP contribution in [0.2, 0.25) is 0 Å². The van der Waals surface area contributed by atoms with Gasteiger partial charge in [-0.2, -0.15) is 0 Å². The molecule has 1 unspecified atom stereocenters. The number of hydrogen-bond acceptors (Lipinski definition) is 6. The van der Waals surface area contributed by atoms with E-state index in [-0.39, 0.29) is 41.7 Å². The lowest BCUT2D eigenvalue weighted by molar-refractivity contribution is -0.131. The molecule has 0 spiro atoms. The molecule has 1 amide bonds. The molecule has 0 saturated heterocycles. The quantitative estimate of drug-likeness (QED) is 0.300. The van der Waals surface area contributed by atoms with Crippen LogP contribution in [-0.4, -0.2) is 33.6 Å². The summed E-state index contributed by atoms with van der Waals surface area (Å²) >= 11 is 0. The van der Waals surface area contributed by atoms with Crippen LogP contribution in [0.5, 0.6) is 0 Å². The number of nitrogen functional groups attached to an aromatic ring is 1. The van der Waals surface area contributed by atoms with Gasteiger partial charge in [0.2, 0.25) is 17.5 Å². The SMILES string of the molecule is CCCCCC(CCC(=O)NCC1=CC=CC(=O)C1=O)n1c(-c2ccccc2)ncc(N)c1=O. The number of unbranched alkanes of at least 4 members (excludes halogenated alkanes) is 2. The van der Waals surface area contributed by atoms with Crippen LogP contribution >= 0.6 is 0 Å². The van der Waals surface area contributed by atoms with Crippen LogP contribution in [0.4, 0.5) is 5.69 Å². The first-order valence-corrected chi connectivity index (χ1v) is 11.6. The smallest absolute Gasteiger partial charge is 0.277 e. The monoisotopic (exact) mass is 462 g/mol. The number of ketones is 2. The highest BCUT2D eigenvalue weighted by Crippen LogP contribution is 2.26. The molecule has 178 valence electrons. The molecule has 1 aliphatic carbocycles. The summed E-state index contributed by atoms with van der Waals surface area (Å²) < 4.78 is 1.62. The van der Waals surface area contributed by atoms with Gasteiger partial charge in [0, 0.05) is 30.1 Å². The molecular formula is C26H30N4O4. The average molecular weight is 463 g/mol. The number of allylic oxidation sites excluding steroid dienone is 3. The molecule has 0 radical (unpaired) electrons. The summed E-state index contributed by atoms with van der Waals surface area (Å²) in [6.45, 7) is 2.09. The van der Waals surface area contributed by atoms with Crippen LogP contribution in [-0.2, 0) is 14.4 Å². The van der Waals surface area contributed by atoms with Crippen molar-refractivity contribution in [2.75, 3.05) is 12.3 Å². The van der Waals surface area contributed by atoms with E-state index in [9.17, 15) is 19.2 Å². The predicted octanol–water partition coefficient (Wildman–Crippen LogP) is 3.14. The van der Waals surface area contributed by atoms with E-state index in [1.165, 1.54) is 24.4 Å². The molecular weight excluding hydrogens is 432 g/mol. The van der Waals surface area contributed by atoms with E-state index in [0.29, 0.717) is 18.7 Å². The van der Waals surface area contributed by atoms with Crippen molar-refractivity contribution in [2.45, 2.75) is 51.5 Å². The van der Waals surface area contributed by atoms with Gasteiger partial charge in [-0.15, -0.1) is 0 Å². The standard InChI is InChI=1S/C26H30N4O4/c1-2-3-5-12-20(14-15-23(32)28-16-19-11-8-13-22(31)24(19)33)30-25(18-9-6-4-7-10-18)29-17-21(27)26(30)34/h4,6-11,13,17,20H,2-3,5,12,14-16,27H2,1H3,(H,28,32). The Bertz CT molecular complexity index is 1170. The molecule has 1 aromatic heterocycles. The first-order chi connectivity index (χ1) is 16.4. The zero-order valence-electron chi connectivity index (χ0n) is 19.3. The third kappa shape index (κ3) is 6.15. The molecule has 0 aliphatic heterocycles. The van der Waals surface area contributed by atoms with Crippen LogP contribution in [0, 0.1) is 0 Å². The summed E-state index contributed by atoms with van der Waals surface area (Å²) in [6.07, 6.45) is 9.80. The molecule has 0 bridgehead atoms. The van der Waals surface area contributed by atoms with Crippen LogP contribution in [0.3, 0.4) is 0 Å². The molecule has 8 heteroatoms. The highest BCUT2D eigenvalue weighted by atomic mass is 16.2. The van der Waals surface area contributed by atoms with Crippen molar-refractivity contribution >= 4 is 23.2 Å². The van der Waals surface area contributed by atoms with E-state index in [2.05, 4.69) is 17.2 Å². The summed E-state index contributed by atoms with van der Waals surface area (Å²) in [5.74, 6) is -0.942. The minimum Gasteiger partial charge on any atom is -0.393 e. The fraction of sp³-hybridized carbons (Fsp3) is 0.346. The number of benzene rings is 1. The fourth-order valence-electron chi connectivity index (χ4n) is 3.94. The molecule has 0 saturated carbocycles. The lowest BCUT2D eigenvalue weighted by atomic mass is 10.0. The van der Waals surface area contributed by atoms with Gasteiger partial charge in [-0.05, 0) is 18.9 Å². The summed E-state index contributed by atoms with van der Waals surface area (Å²) in [5.41, 5.74) is 6.71. The fourth-order valence-corrected chi connectivity index (χ4v) is 3.94. The maximum absolute atomic E-state index is 13.1. The van der Waals surface area contributed by atoms with E-state index in [0.717, 1.165) is 24.8 Å². The van der Waals surface area contributed by atoms with Gasteiger partial charge in [-0.3, -0.25) is 23.7 Å². The highest BCUT2D eigenvalue weighted by molar-refractivity contribution is 6.48. The average Bonchev–Trinajstić information content (AvgIpc) is 2.84. The number of nitrogens with zero attached hydrogens (tertiary/aromatic N) is 2. The van der Waals surface area contributed by atoms with E-state index in [1.807, 2.05) is 30.3 Å². The molecule has 34 heavy (non-hydrogen) atoms. The van der Waals surface area contributed by atoms with Crippen molar-refractivity contribution in [2.24, 2.45) is 0 Å².